The molecule has 0 saturated carbocycles. The van der Waals surface area contributed by atoms with E-state index < -0.39 is 10.0 Å². The molecule has 0 fully saturated rings. The standard InChI is InChI=1S/C14H22ClNO2S/c1-5-13(6-2)16(4)19(17,18)14-9-7-8-12(10-15)11(14)3/h7-9,13H,5-6,10H2,1-4H3. The molecule has 0 heterocycles. The van der Waals surface area contributed by atoms with Gasteiger partial charge in [0.2, 0.25) is 10.0 Å². The van der Waals surface area contributed by atoms with Crippen molar-refractivity contribution < 1.29 is 8.42 Å². The zero-order valence-electron chi connectivity index (χ0n) is 12.0. The van der Waals surface area contributed by atoms with Crippen LogP contribution < -0.4 is 0 Å². The van der Waals surface area contributed by atoms with Gasteiger partial charge in [0.1, 0.15) is 0 Å². The minimum absolute atomic E-state index is 0.0315. The number of nitrogens with zero attached hydrogens (tertiary/aromatic N) is 1. The van der Waals surface area contributed by atoms with Crippen molar-refractivity contribution in [3.63, 3.8) is 0 Å². The lowest BCUT2D eigenvalue weighted by Crippen LogP contribution is -2.36. The van der Waals surface area contributed by atoms with E-state index >= 15 is 0 Å². The normalized spacial score (nSPS) is 12.4. The van der Waals surface area contributed by atoms with Crippen molar-refractivity contribution >= 4 is 21.6 Å². The molecule has 5 heteroatoms. The first kappa shape index (κ1) is 16.5. The zero-order chi connectivity index (χ0) is 14.6. The van der Waals surface area contributed by atoms with Crippen molar-refractivity contribution in [1.29, 1.82) is 0 Å². The molecule has 3 nitrogen and oxygen atoms in total. The van der Waals surface area contributed by atoms with E-state index in [1.807, 2.05) is 26.8 Å². The molecule has 0 amide bonds. The Morgan fingerprint density at radius 2 is 1.84 bits per heavy atom. The Hall–Kier alpha value is -0.580. The Bertz CT molecular complexity index is 524. The van der Waals surface area contributed by atoms with Crippen molar-refractivity contribution in [2.45, 2.75) is 50.4 Å². The van der Waals surface area contributed by atoms with Gasteiger partial charge in [-0.2, -0.15) is 4.31 Å². The topological polar surface area (TPSA) is 37.4 Å². The van der Waals surface area contributed by atoms with Gasteiger partial charge < -0.3 is 0 Å². The van der Waals surface area contributed by atoms with E-state index in [2.05, 4.69) is 0 Å². The first-order valence-corrected chi connectivity index (χ1v) is 8.50. The van der Waals surface area contributed by atoms with Gasteiger partial charge in [0, 0.05) is 19.0 Å². The highest BCUT2D eigenvalue weighted by molar-refractivity contribution is 7.89. The number of hydrogen-bond acceptors (Lipinski definition) is 2. The van der Waals surface area contributed by atoms with Gasteiger partial charge in [-0.25, -0.2) is 8.42 Å². The number of sulfonamides is 1. The number of benzene rings is 1. The SMILES string of the molecule is CCC(CC)N(C)S(=O)(=O)c1cccc(CCl)c1C. The van der Waals surface area contributed by atoms with E-state index in [9.17, 15) is 8.42 Å². The molecule has 0 N–H and O–H groups in total. The Balaban J connectivity index is 3.28. The number of alkyl halides is 1. The van der Waals surface area contributed by atoms with E-state index in [0.29, 0.717) is 10.8 Å². The second-order valence-corrected chi connectivity index (χ2v) is 6.90. The number of rotatable bonds is 6. The third kappa shape index (κ3) is 3.30. The smallest absolute Gasteiger partial charge is 0.207 e. The molecule has 19 heavy (non-hydrogen) atoms. The molecule has 1 aromatic carbocycles. The summed E-state index contributed by atoms with van der Waals surface area (Å²) >= 11 is 5.84. The molecular weight excluding hydrogens is 282 g/mol. The maximum absolute atomic E-state index is 12.7. The minimum atomic E-state index is -3.45. The van der Waals surface area contributed by atoms with Crippen molar-refractivity contribution in [1.82, 2.24) is 4.31 Å². The van der Waals surface area contributed by atoms with Gasteiger partial charge in [0.05, 0.1) is 4.90 Å². The molecule has 0 unspecified atom stereocenters. The van der Waals surface area contributed by atoms with Gasteiger partial charge in [-0.1, -0.05) is 26.0 Å². The van der Waals surface area contributed by atoms with Gasteiger partial charge >= 0.3 is 0 Å². The predicted molar refractivity (Wildman–Crippen MR) is 80.1 cm³/mol. The molecule has 0 spiro atoms. The van der Waals surface area contributed by atoms with Crippen LogP contribution in [-0.2, 0) is 15.9 Å². The Labute approximate surface area is 121 Å². The first-order chi connectivity index (χ1) is 8.89. The van der Waals surface area contributed by atoms with Crippen molar-refractivity contribution in [3.8, 4) is 0 Å². The maximum atomic E-state index is 12.7. The molecule has 0 aliphatic carbocycles. The molecule has 0 aromatic heterocycles. The van der Waals surface area contributed by atoms with Crippen molar-refractivity contribution in [2.24, 2.45) is 0 Å². The molecule has 1 rings (SSSR count). The van der Waals surface area contributed by atoms with Crippen LogP contribution in [0.2, 0.25) is 0 Å². The summed E-state index contributed by atoms with van der Waals surface area (Å²) in [6.45, 7) is 5.82. The molecule has 0 aliphatic rings. The highest BCUT2D eigenvalue weighted by atomic mass is 35.5. The lowest BCUT2D eigenvalue weighted by molar-refractivity contribution is 0.349. The van der Waals surface area contributed by atoms with Crippen LogP contribution in [-0.4, -0.2) is 25.8 Å². The summed E-state index contributed by atoms with van der Waals surface area (Å²) in [7, 11) is -1.80. The highest BCUT2D eigenvalue weighted by Crippen LogP contribution is 2.25. The Morgan fingerprint density at radius 1 is 1.26 bits per heavy atom. The van der Waals surface area contributed by atoms with E-state index in [1.165, 1.54) is 4.31 Å². The van der Waals surface area contributed by atoms with E-state index in [-0.39, 0.29) is 6.04 Å². The van der Waals surface area contributed by atoms with Gasteiger partial charge in [-0.05, 0) is 37.0 Å². The summed E-state index contributed by atoms with van der Waals surface area (Å²) in [6.07, 6.45) is 1.61. The molecular formula is C14H22ClNO2S. The predicted octanol–water partition coefficient (Wildman–Crippen LogP) is 3.54. The van der Waals surface area contributed by atoms with Crippen molar-refractivity contribution in [2.75, 3.05) is 7.05 Å². The second-order valence-electron chi connectivity index (χ2n) is 4.67. The summed E-state index contributed by atoms with van der Waals surface area (Å²) in [4.78, 5) is 0.361. The average Bonchev–Trinajstić information content (AvgIpc) is 2.40. The Morgan fingerprint density at radius 3 is 2.32 bits per heavy atom. The third-order valence-corrected chi connectivity index (χ3v) is 6.00. The largest absolute Gasteiger partial charge is 0.243 e. The van der Waals surface area contributed by atoms with Crippen LogP contribution in [0.4, 0.5) is 0 Å². The fraction of sp³-hybridized carbons (Fsp3) is 0.571. The summed E-state index contributed by atoms with van der Waals surface area (Å²) in [5, 5.41) is 0. The monoisotopic (exact) mass is 303 g/mol. The Kier molecular flexibility index (Phi) is 5.83. The van der Waals surface area contributed by atoms with Gasteiger partial charge in [-0.15, -0.1) is 11.6 Å². The van der Waals surface area contributed by atoms with E-state index in [0.717, 1.165) is 24.0 Å². The van der Waals surface area contributed by atoms with Crippen LogP contribution >= 0.6 is 11.6 Å². The lowest BCUT2D eigenvalue weighted by Gasteiger charge is -2.26. The molecule has 0 bridgehead atoms. The van der Waals surface area contributed by atoms with E-state index in [1.54, 1.807) is 19.2 Å². The van der Waals surface area contributed by atoms with Gasteiger partial charge in [0.25, 0.3) is 0 Å². The summed E-state index contributed by atoms with van der Waals surface area (Å²) in [6, 6.07) is 5.29. The fourth-order valence-corrected chi connectivity index (χ4v) is 4.30. The second kappa shape index (κ2) is 6.73. The molecule has 0 atom stereocenters. The van der Waals surface area contributed by atoms with Crippen LogP contribution in [0.5, 0.6) is 0 Å². The van der Waals surface area contributed by atoms with Crippen LogP contribution in [0, 0.1) is 6.92 Å². The molecule has 1 aromatic rings. The summed E-state index contributed by atoms with van der Waals surface area (Å²) < 4.78 is 26.8. The quantitative estimate of drug-likeness (QED) is 0.754. The van der Waals surface area contributed by atoms with Gasteiger partial charge in [-0.3, -0.25) is 0 Å². The van der Waals surface area contributed by atoms with Crippen LogP contribution in [0.15, 0.2) is 23.1 Å². The fourth-order valence-electron chi connectivity index (χ4n) is 2.24. The maximum Gasteiger partial charge on any atom is 0.243 e. The average molecular weight is 304 g/mol. The summed E-state index contributed by atoms with van der Waals surface area (Å²) in [5.74, 6) is 0.323. The highest BCUT2D eigenvalue weighted by Gasteiger charge is 2.27. The van der Waals surface area contributed by atoms with Crippen LogP contribution in [0.25, 0.3) is 0 Å². The number of hydrogen-bond donors (Lipinski definition) is 0. The molecule has 0 aliphatic heterocycles. The molecule has 0 radical (unpaired) electrons. The molecule has 0 saturated heterocycles. The molecule has 108 valence electrons. The zero-order valence-corrected chi connectivity index (χ0v) is 13.6. The lowest BCUT2D eigenvalue weighted by atomic mass is 10.1. The minimum Gasteiger partial charge on any atom is -0.207 e. The summed E-state index contributed by atoms with van der Waals surface area (Å²) in [5.41, 5.74) is 1.61. The van der Waals surface area contributed by atoms with Crippen LogP contribution in [0.3, 0.4) is 0 Å². The third-order valence-electron chi connectivity index (χ3n) is 3.65. The first-order valence-electron chi connectivity index (χ1n) is 6.52. The number of halogens is 1. The van der Waals surface area contributed by atoms with Crippen molar-refractivity contribution in [3.05, 3.63) is 29.3 Å². The van der Waals surface area contributed by atoms with Gasteiger partial charge in [0.15, 0.2) is 0 Å². The van der Waals surface area contributed by atoms with Crippen LogP contribution in [0.1, 0.15) is 37.8 Å². The van der Waals surface area contributed by atoms with E-state index in [4.69, 9.17) is 11.6 Å².